The first-order valence-electron chi connectivity index (χ1n) is 5.38. The molecule has 0 spiro atoms. The Morgan fingerprint density at radius 1 is 1.47 bits per heavy atom. The third-order valence-electron chi connectivity index (χ3n) is 2.54. The van der Waals surface area contributed by atoms with Crippen molar-refractivity contribution in [2.24, 2.45) is 11.7 Å². The third kappa shape index (κ3) is 3.42. The van der Waals surface area contributed by atoms with Crippen LogP contribution in [0.25, 0.3) is 0 Å². The molecule has 17 heavy (non-hydrogen) atoms. The van der Waals surface area contributed by atoms with Gasteiger partial charge in [0, 0.05) is 19.0 Å². The molecule has 1 atom stereocenters. The van der Waals surface area contributed by atoms with Crippen LogP contribution in [0.15, 0.2) is 0 Å². The molecule has 7 nitrogen and oxygen atoms in total. The molecular weight excluding hydrogens is 228 g/mol. The largest absolute Gasteiger partial charge is 0.481 e. The van der Waals surface area contributed by atoms with Crippen LogP contribution in [0.5, 0.6) is 0 Å². The molecule has 96 valence electrons. The molecule has 0 aromatic carbocycles. The molecule has 1 heterocycles. The number of ether oxygens (including phenoxy) is 1. The molecule has 0 aromatic rings. The van der Waals surface area contributed by atoms with Crippen LogP contribution in [0.4, 0.5) is 0 Å². The van der Waals surface area contributed by atoms with Crippen molar-refractivity contribution in [3.05, 3.63) is 0 Å². The number of hydrogen-bond acceptors (Lipinski definition) is 5. The monoisotopic (exact) mass is 244 g/mol. The molecule has 1 aliphatic rings. The van der Waals surface area contributed by atoms with Crippen molar-refractivity contribution >= 4 is 17.8 Å². The van der Waals surface area contributed by atoms with Crippen molar-refractivity contribution in [3.8, 4) is 0 Å². The molecule has 0 aliphatic carbocycles. The molecule has 1 fully saturated rings. The number of amides is 1. The summed E-state index contributed by atoms with van der Waals surface area (Å²) < 4.78 is 4.63. The summed E-state index contributed by atoms with van der Waals surface area (Å²) in [6, 6.07) is -1.30. The van der Waals surface area contributed by atoms with Gasteiger partial charge in [-0.2, -0.15) is 0 Å². The van der Waals surface area contributed by atoms with Crippen molar-refractivity contribution in [3.63, 3.8) is 0 Å². The van der Waals surface area contributed by atoms with Crippen LogP contribution < -0.4 is 5.73 Å². The van der Waals surface area contributed by atoms with E-state index < -0.39 is 23.9 Å². The minimum absolute atomic E-state index is 0.0262. The lowest BCUT2D eigenvalue weighted by atomic mass is 9.95. The second kappa shape index (κ2) is 5.62. The summed E-state index contributed by atoms with van der Waals surface area (Å²) in [5, 5.41) is 8.54. The van der Waals surface area contributed by atoms with E-state index >= 15 is 0 Å². The van der Waals surface area contributed by atoms with Crippen LogP contribution in [0.2, 0.25) is 0 Å². The number of nitrogens with zero attached hydrogens (tertiary/aromatic N) is 1. The topological polar surface area (TPSA) is 110 Å². The van der Waals surface area contributed by atoms with E-state index in [0.29, 0.717) is 13.1 Å². The molecule has 7 heteroatoms. The van der Waals surface area contributed by atoms with Gasteiger partial charge in [0.2, 0.25) is 0 Å². The van der Waals surface area contributed by atoms with E-state index in [4.69, 9.17) is 10.8 Å². The Labute approximate surface area is 98.5 Å². The van der Waals surface area contributed by atoms with Crippen molar-refractivity contribution in [1.82, 2.24) is 4.90 Å². The quantitative estimate of drug-likeness (QED) is 0.465. The molecular formula is C10H16N2O5. The van der Waals surface area contributed by atoms with E-state index in [1.54, 1.807) is 6.92 Å². The second-order valence-electron chi connectivity index (χ2n) is 3.94. The summed E-state index contributed by atoms with van der Waals surface area (Å²) in [7, 11) is 0. The fourth-order valence-corrected chi connectivity index (χ4v) is 1.66. The van der Waals surface area contributed by atoms with E-state index in [-0.39, 0.29) is 18.9 Å². The van der Waals surface area contributed by atoms with Gasteiger partial charge in [-0.3, -0.25) is 9.59 Å². The highest BCUT2D eigenvalue weighted by Gasteiger charge is 2.37. The van der Waals surface area contributed by atoms with E-state index in [0.717, 1.165) is 0 Å². The Balaban J connectivity index is 2.36. The average molecular weight is 244 g/mol. The van der Waals surface area contributed by atoms with Gasteiger partial charge in [0.25, 0.3) is 5.91 Å². The van der Waals surface area contributed by atoms with Crippen molar-refractivity contribution in [1.29, 1.82) is 0 Å². The maximum atomic E-state index is 11.6. The van der Waals surface area contributed by atoms with Crippen molar-refractivity contribution in [2.75, 3.05) is 19.7 Å². The number of carbonyl (C=O) groups excluding carboxylic acids is 2. The lowest BCUT2D eigenvalue weighted by molar-refractivity contribution is -0.155. The van der Waals surface area contributed by atoms with E-state index in [2.05, 4.69) is 4.74 Å². The summed E-state index contributed by atoms with van der Waals surface area (Å²) in [5.41, 5.74) is 5.42. The van der Waals surface area contributed by atoms with Gasteiger partial charge in [0.15, 0.2) is 6.04 Å². The Hall–Kier alpha value is -1.63. The molecule has 1 aliphatic heterocycles. The number of hydrogen-bond donors (Lipinski definition) is 2. The van der Waals surface area contributed by atoms with Crippen molar-refractivity contribution < 1.29 is 24.2 Å². The van der Waals surface area contributed by atoms with Crippen LogP contribution in [0, 0.1) is 5.92 Å². The Morgan fingerprint density at radius 2 is 2.06 bits per heavy atom. The highest BCUT2D eigenvalue weighted by molar-refractivity contribution is 6.02. The predicted octanol–water partition coefficient (Wildman–Crippen LogP) is -1.19. The van der Waals surface area contributed by atoms with Gasteiger partial charge in [-0.25, -0.2) is 4.79 Å². The van der Waals surface area contributed by atoms with Gasteiger partial charge in [0.05, 0.1) is 13.0 Å². The molecule has 1 amide bonds. The molecule has 1 unspecified atom stereocenters. The fourth-order valence-electron chi connectivity index (χ4n) is 1.66. The Morgan fingerprint density at radius 3 is 2.53 bits per heavy atom. The Kier molecular flexibility index (Phi) is 4.45. The number of aliphatic carboxylic acids is 1. The molecule has 0 saturated carbocycles. The minimum atomic E-state index is -1.30. The second-order valence-corrected chi connectivity index (χ2v) is 3.94. The summed E-state index contributed by atoms with van der Waals surface area (Å²) >= 11 is 0. The van der Waals surface area contributed by atoms with Crippen molar-refractivity contribution in [2.45, 2.75) is 19.4 Å². The van der Waals surface area contributed by atoms with E-state index in [9.17, 15) is 14.4 Å². The van der Waals surface area contributed by atoms with Gasteiger partial charge >= 0.3 is 11.9 Å². The van der Waals surface area contributed by atoms with Crippen LogP contribution in [-0.4, -0.2) is 53.6 Å². The summed E-state index contributed by atoms with van der Waals surface area (Å²) in [4.78, 5) is 34.6. The van der Waals surface area contributed by atoms with Gasteiger partial charge in [-0.1, -0.05) is 0 Å². The average Bonchev–Trinajstić information content (AvgIpc) is 2.20. The number of carboxylic acids is 1. The molecule has 1 rings (SSSR count). The van der Waals surface area contributed by atoms with E-state index in [1.165, 1.54) is 4.90 Å². The zero-order chi connectivity index (χ0) is 13.0. The van der Waals surface area contributed by atoms with Gasteiger partial charge in [-0.15, -0.1) is 0 Å². The maximum absolute atomic E-state index is 11.6. The fraction of sp³-hybridized carbons (Fsp3) is 0.700. The molecule has 3 N–H and O–H groups in total. The molecule has 0 bridgehead atoms. The number of carbonyl (C=O) groups is 3. The highest BCUT2D eigenvalue weighted by atomic mass is 16.5. The number of rotatable bonds is 5. The number of nitrogens with two attached hydrogens (primary N) is 1. The SMILES string of the molecule is CCOC(=O)C(N)C(=O)N1CC(CC(=O)O)C1. The van der Waals surface area contributed by atoms with E-state index in [1.807, 2.05) is 0 Å². The van der Waals surface area contributed by atoms with Crippen LogP contribution in [0.3, 0.4) is 0 Å². The van der Waals surface area contributed by atoms with Crippen LogP contribution >= 0.6 is 0 Å². The minimum Gasteiger partial charge on any atom is -0.481 e. The first-order chi connectivity index (χ1) is 7.95. The zero-order valence-corrected chi connectivity index (χ0v) is 9.59. The number of carboxylic acid groups (broad SMARTS) is 1. The smallest absolute Gasteiger partial charge is 0.332 e. The standard InChI is InChI=1S/C10H16N2O5/c1-2-17-10(16)8(11)9(15)12-4-6(5-12)3-7(13)14/h6,8H,2-5,11H2,1H3,(H,13,14). The highest BCUT2D eigenvalue weighted by Crippen LogP contribution is 2.19. The normalized spacial score (nSPS) is 17.2. The van der Waals surface area contributed by atoms with Crippen LogP contribution in [-0.2, 0) is 19.1 Å². The summed E-state index contributed by atoms with van der Waals surface area (Å²) in [6.45, 7) is 2.46. The lowest BCUT2D eigenvalue weighted by Crippen LogP contribution is -2.57. The zero-order valence-electron chi connectivity index (χ0n) is 9.59. The maximum Gasteiger partial charge on any atom is 0.332 e. The summed E-state index contributed by atoms with van der Waals surface area (Å²) in [6.07, 6.45) is 0.0262. The van der Waals surface area contributed by atoms with Gasteiger partial charge in [0.1, 0.15) is 0 Å². The third-order valence-corrected chi connectivity index (χ3v) is 2.54. The summed E-state index contributed by atoms with van der Waals surface area (Å²) in [5.74, 6) is -2.20. The molecule has 0 aromatic heterocycles. The van der Waals surface area contributed by atoms with Crippen LogP contribution in [0.1, 0.15) is 13.3 Å². The van der Waals surface area contributed by atoms with Gasteiger partial charge in [-0.05, 0) is 6.92 Å². The first kappa shape index (κ1) is 13.4. The number of esters is 1. The first-order valence-corrected chi connectivity index (χ1v) is 5.38. The molecule has 1 saturated heterocycles. The number of likely N-dealkylation sites (tertiary alicyclic amines) is 1. The molecule has 0 radical (unpaired) electrons. The predicted molar refractivity (Wildman–Crippen MR) is 56.9 cm³/mol. The van der Waals surface area contributed by atoms with Gasteiger partial charge < -0.3 is 20.5 Å². The lowest BCUT2D eigenvalue weighted by Gasteiger charge is -2.39. The Bertz CT molecular complexity index is 325.